The molecule has 3 N–H and O–H groups in total. The summed E-state index contributed by atoms with van der Waals surface area (Å²) in [6.07, 6.45) is 11.7. The van der Waals surface area contributed by atoms with Crippen LogP contribution in [-0.2, 0) is 14.4 Å². The Morgan fingerprint density at radius 1 is 0.656 bits per heavy atom. The molecule has 32 heavy (non-hydrogen) atoms. The highest BCUT2D eigenvalue weighted by Crippen LogP contribution is 2.25. The fraction of sp³-hybridized carbons (Fsp3) is 0.800. The van der Waals surface area contributed by atoms with E-state index in [2.05, 4.69) is 19.1 Å². The van der Waals surface area contributed by atoms with Crippen molar-refractivity contribution < 1.29 is 34.2 Å². The summed E-state index contributed by atoms with van der Waals surface area (Å²) in [6, 6.07) is 0. The van der Waals surface area contributed by atoms with E-state index in [1.54, 1.807) is 0 Å². The maximum Gasteiger partial charge on any atom is 0.312 e. The highest BCUT2D eigenvalue weighted by Gasteiger charge is 2.40. The first kappa shape index (κ1) is 30.1. The second-order valence-electron chi connectivity index (χ2n) is 9.05. The topological polar surface area (TPSA) is 112 Å². The van der Waals surface area contributed by atoms with Crippen molar-refractivity contribution in [2.24, 2.45) is 17.8 Å². The van der Waals surface area contributed by atoms with Crippen LogP contribution in [0.4, 0.5) is 0 Å². The molecule has 0 spiro atoms. The molecular weight excluding hydrogens is 410 g/mol. The number of quaternary nitrogens is 1. The third kappa shape index (κ3) is 11.7. The lowest BCUT2D eigenvalue weighted by Crippen LogP contribution is -2.58. The van der Waals surface area contributed by atoms with Crippen molar-refractivity contribution in [1.29, 1.82) is 0 Å². The highest BCUT2D eigenvalue weighted by atomic mass is 16.4. The molecule has 3 unspecified atom stereocenters. The molecule has 0 aliphatic heterocycles. The van der Waals surface area contributed by atoms with Crippen LogP contribution in [0, 0.1) is 17.8 Å². The van der Waals surface area contributed by atoms with Gasteiger partial charge >= 0.3 is 17.9 Å². The molecular formula is C25H46NO6+. The molecule has 0 rings (SSSR count). The van der Waals surface area contributed by atoms with Gasteiger partial charge in [0.25, 0.3) is 0 Å². The molecule has 7 nitrogen and oxygen atoms in total. The van der Waals surface area contributed by atoms with Crippen molar-refractivity contribution in [2.45, 2.75) is 85.5 Å². The number of allylic oxidation sites excluding steroid dienone is 2. The summed E-state index contributed by atoms with van der Waals surface area (Å²) < 4.78 is 0.242. The maximum atomic E-state index is 11.8. The Hall–Kier alpha value is -1.89. The number of aliphatic carboxylic acids is 3. The number of hydrogen-bond donors (Lipinski definition) is 3. The molecule has 3 atom stereocenters. The first-order valence-corrected chi connectivity index (χ1v) is 12.3. The molecule has 0 aromatic carbocycles. The van der Waals surface area contributed by atoms with Crippen LogP contribution in [0.1, 0.15) is 85.5 Å². The minimum absolute atomic E-state index is 0.242. The Labute approximate surface area is 194 Å². The summed E-state index contributed by atoms with van der Waals surface area (Å²) >= 11 is 0. The summed E-state index contributed by atoms with van der Waals surface area (Å²) in [7, 11) is 0. The number of carboxylic acids is 3. The predicted molar refractivity (Wildman–Crippen MR) is 126 cm³/mol. The van der Waals surface area contributed by atoms with E-state index in [0.717, 1.165) is 38.5 Å². The average molecular weight is 457 g/mol. The molecule has 0 saturated carbocycles. The van der Waals surface area contributed by atoms with Gasteiger partial charge in [0.1, 0.15) is 17.8 Å². The third-order valence-corrected chi connectivity index (χ3v) is 6.47. The van der Waals surface area contributed by atoms with Crippen molar-refractivity contribution >= 4 is 17.9 Å². The molecule has 0 fully saturated rings. The maximum absolute atomic E-state index is 11.8. The molecule has 0 amide bonds. The van der Waals surface area contributed by atoms with Gasteiger partial charge in [-0.05, 0) is 51.4 Å². The van der Waals surface area contributed by atoms with Gasteiger partial charge in [0.05, 0.1) is 26.2 Å². The Morgan fingerprint density at radius 3 is 1.41 bits per heavy atom. The fourth-order valence-electron chi connectivity index (χ4n) is 4.33. The van der Waals surface area contributed by atoms with E-state index in [9.17, 15) is 29.7 Å². The molecule has 0 aliphatic carbocycles. The number of hydrogen-bond acceptors (Lipinski definition) is 3. The van der Waals surface area contributed by atoms with E-state index in [1.807, 2.05) is 20.8 Å². The van der Waals surface area contributed by atoms with Crippen molar-refractivity contribution in [1.82, 2.24) is 0 Å². The molecule has 0 bridgehead atoms. The lowest BCUT2D eigenvalue weighted by molar-refractivity contribution is -0.935. The minimum Gasteiger partial charge on any atom is -0.481 e. The van der Waals surface area contributed by atoms with Gasteiger partial charge in [-0.3, -0.25) is 14.4 Å². The largest absolute Gasteiger partial charge is 0.481 e. The number of nitrogens with zero attached hydrogens (tertiary/aromatic N) is 1. The van der Waals surface area contributed by atoms with E-state index in [1.165, 1.54) is 0 Å². The van der Waals surface area contributed by atoms with Crippen molar-refractivity contribution in [3.8, 4) is 0 Å². The molecule has 186 valence electrons. The van der Waals surface area contributed by atoms with E-state index < -0.39 is 35.7 Å². The normalized spacial score (nSPS) is 16.4. The van der Waals surface area contributed by atoms with Crippen molar-refractivity contribution in [2.75, 3.05) is 26.2 Å². The van der Waals surface area contributed by atoms with Crippen LogP contribution < -0.4 is 0 Å². The Morgan fingerprint density at radius 2 is 1.06 bits per heavy atom. The number of carboxylic acid groups (broad SMARTS) is 3. The van der Waals surface area contributed by atoms with Gasteiger partial charge in [-0.15, -0.1) is 0 Å². The highest BCUT2D eigenvalue weighted by molar-refractivity contribution is 5.71. The predicted octanol–water partition coefficient (Wildman–Crippen LogP) is 5.05. The van der Waals surface area contributed by atoms with Crippen LogP contribution in [-0.4, -0.2) is 63.9 Å². The molecule has 0 aliphatic rings. The summed E-state index contributed by atoms with van der Waals surface area (Å²) in [5, 5.41) is 29.1. The smallest absolute Gasteiger partial charge is 0.312 e. The van der Waals surface area contributed by atoms with Gasteiger partial charge in [-0.25, -0.2) is 0 Å². The second-order valence-corrected chi connectivity index (χ2v) is 9.05. The SMILES string of the molecule is CCC/C=C/CCCCC[N+](CC(CC)C(=O)O)(CC(CC)C(=O)O)CC(CC)C(=O)O. The van der Waals surface area contributed by atoms with Crippen molar-refractivity contribution in [3.05, 3.63) is 12.2 Å². The summed E-state index contributed by atoms with van der Waals surface area (Å²) in [4.78, 5) is 35.5. The van der Waals surface area contributed by atoms with Crippen LogP contribution >= 0.6 is 0 Å². The van der Waals surface area contributed by atoms with Crippen LogP contribution in [0.25, 0.3) is 0 Å². The molecule has 0 aromatic rings. The summed E-state index contributed by atoms with van der Waals surface area (Å²) in [6.45, 7) is 9.03. The Bertz CT molecular complexity index is 529. The molecule has 0 aromatic heterocycles. The van der Waals surface area contributed by atoms with Crippen LogP contribution in [0.2, 0.25) is 0 Å². The van der Waals surface area contributed by atoms with Crippen LogP contribution in [0.15, 0.2) is 12.2 Å². The van der Waals surface area contributed by atoms with E-state index in [4.69, 9.17) is 0 Å². The average Bonchev–Trinajstić information content (AvgIpc) is 2.75. The number of rotatable bonds is 20. The zero-order chi connectivity index (χ0) is 24.6. The zero-order valence-electron chi connectivity index (χ0n) is 20.6. The third-order valence-electron chi connectivity index (χ3n) is 6.47. The Kier molecular flexibility index (Phi) is 15.7. The van der Waals surface area contributed by atoms with Gasteiger partial charge in [0.15, 0.2) is 0 Å². The zero-order valence-corrected chi connectivity index (χ0v) is 20.6. The van der Waals surface area contributed by atoms with Gasteiger partial charge < -0.3 is 19.8 Å². The summed E-state index contributed by atoms with van der Waals surface area (Å²) in [5.74, 6) is -4.56. The number of unbranched alkanes of at least 4 members (excludes halogenated alkanes) is 4. The quantitative estimate of drug-likeness (QED) is 0.134. The molecule has 0 saturated heterocycles. The molecule has 0 heterocycles. The van der Waals surface area contributed by atoms with Crippen LogP contribution in [0.3, 0.4) is 0 Å². The fourth-order valence-corrected chi connectivity index (χ4v) is 4.33. The van der Waals surface area contributed by atoms with Gasteiger partial charge in [0, 0.05) is 0 Å². The first-order valence-electron chi connectivity index (χ1n) is 12.3. The minimum atomic E-state index is -0.900. The first-order chi connectivity index (χ1) is 15.2. The van der Waals surface area contributed by atoms with E-state index >= 15 is 0 Å². The van der Waals surface area contributed by atoms with Gasteiger partial charge in [-0.1, -0.05) is 46.3 Å². The molecule has 7 heteroatoms. The number of carbonyl (C=O) groups is 3. The van der Waals surface area contributed by atoms with Gasteiger partial charge in [-0.2, -0.15) is 0 Å². The molecule has 0 radical (unpaired) electrons. The monoisotopic (exact) mass is 456 g/mol. The van der Waals surface area contributed by atoms with Crippen molar-refractivity contribution in [3.63, 3.8) is 0 Å². The Balaban J connectivity index is 5.69. The van der Waals surface area contributed by atoms with Gasteiger partial charge in [0.2, 0.25) is 0 Å². The lowest BCUT2D eigenvalue weighted by Gasteiger charge is -2.43. The van der Waals surface area contributed by atoms with E-state index in [0.29, 0.717) is 25.8 Å². The van der Waals surface area contributed by atoms with E-state index in [-0.39, 0.29) is 24.1 Å². The lowest BCUT2D eigenvalue weighted by atomic mass is 9.95. The van der Waals surface area contributed by atoms with Crippen LogP contribution in [0.5, 0.6) is 0 Å². The standard InChI is InChI=1S/C25H45NO6/c1-5-9-10-11-12-13-14-15-16-26(17-20(6-2)23(27)28,18-21(7-3)24(29)30)19-22(8-4)25(31)32/h10-11,20-22H,5-9,12-19H2,1-4H3,(H2-,27,28,29,30,31,32)/p+1/b11-10+. The second kappa shape index (κ2) is 16.7. The summed E-state index contributed by atoms with van der Waals surface area (Å²) in [5.41, 5.74) is 0.